The Morgan fingerprint density at radius 1 is 1.36 bits per heavy atom. The van der Waals surface area contributed by atoms with Crippen molar-refractivity contribution in [2.45, 2.75) is 11.3 Å². The van der Waals surface area contributed by atoms with Crippen LogP contribution in [0.3, 0.4) is 0 Å². The number of hydrogen-bond acceptors (Lipinski definition) is 6. The topological polar surface area (TPSA) is 96.6 Å². The zero-order valence-corrected chi connectivity index (χ0v) is 12.8. The Bertz CT molecular complexity index is 934. The van der Waals surface area contributed by atoms with Crippen LogP contribution >= 0.6 is 0 Å². The lowest BCUT2D eigenvalue weighted by Crippen LogP contribution is -2.08. The second-order valence-electron chi connectivity index (χ2n) is 5.01. The minimum Gasteiger partial charge on any atom is -0.396 e. The van der Waals surface area contributed by atoms with Gasteiger partial charge in [-0.1, -0.05) is 0 Å². The molecule has 0 bridgehead atoms. The lowest BCUT2D eigenvalue weighted by atomic mass is 10.3. The van der Waals surface area contributed by atoms with E-state index in [1.54, 1.807) is 30.6 Å². The molecule has 0 aliphatic heterocycles. The van der Waals surface area contributed by atoms with Gasteiger partial charge in [0.15, 0.2) is 21.3 Å². The number of benzene rings is 1. The van der Waals surface area contributed by atoms with Gasteiger partial charge in [0.1, 0.15) is 0 Å². The first-order chi connectivity index (χ1) is 10.5. The number of sulfone groups is 1. The van der Waals surface area contributed by atoms with Gasteiger partial charge in [0.2, 0.25) is 0 Å². The van der Waals surface area contributed by atoms with Crippen molar-refractivity contribution in [1.29, 1.82) is 0 Å². The fourth-order valence-electron chi connectivity index (χ4n) is 2.28. The number of fused-ring (bicyclic) bond motifs is 3. The van der Waals surface area contributed by atoms with Crippen LogP contribution in [0.4, 0.5) is 5.82 Å². The van der Waals surface area contributed by atoms with Crippen LogP contribution in [0.5, 0.6) is 0 Å². The number of aliphatic hydroxyl groups excluding tert-OH is 1. The number of anilines is 1. The van der Waals surface area contributed by atoms with Gasteiger partial charge < -0.3 is 10.4 Å². The summed E-state index contributed by atoms with van der Waals surface area (Å²) in [6, 6.07) is 4.85. The SMILES string of the molecule is CS(=O)(=O)c1ccc2c(c1)nc(NCCCO)c1nccn12. The highest BCUT2D eigenvalue weighted by Gasteiger charge is 2.13. The number of nitrogens with one attached hydrogen (secondary N) is 1. The highest BCUT2D eigenvalue weighted by molar-refractivity contribution is 7.90. The van der Waals surface area contributed by atoms with Crippen LogP contribution in [0, 0.1) is 0 Å². The first-order valence-electron chi connectivity index (χ1n) is 6.82. The molecule has 116 valence electrons. The number of aromatic nitrogens is 3. The summed E-state index contributed by atoms with van der Waals surface area (Å²) in [5, 5.41) is 12.0. The molecule has 0 amide bonds. The summed E-state index contributed by atoms with van der Waals surface area (Å²) in [4.78, 5) is 8.99. The Morgan fingerprint density at radius 3 is 2.91 bits per heavy atom. The quantitative estimate of drug-likeness (QED) is 0.683. The molecule has 2 aromatic heterocycles. The molecule has 8 heteroatoms. The molecular weight excluding hydrogens is 304 g/mol. The number of nitrogens with zero attached hydrogens (tertiary/aromatic N) is 3. The molecule has 3 rings (SSSR count). The van der Waals surface area contributed by atoms with Crippen LogP contribution in [-0.4, -0.2) is 47.3 Å². The molecule has 0 atom stereocenters. The van der Waals surface area contributed by atoms with E-state index in [2.05, 4.69) is 15.3 Å². The van der Waals surface area contributed by atoms with E-state index in [1.807, 2.05) is 4.40 Å². The minimum atomic E-state index is -3.29. The zero-order chi connectivity index (χ0) is 15.7. The molecule has 0 saturated carbocycles. The molecule has 22 heavy (non-hydrogen) atoms. The lowest BCUT2D eigenvalue weighted by Gasteiger charge is -2.10. The molecule has 2 heterocycles. The summed E-state index contributed by atoms with van der Waals surface area (Å²) in [7, 11) is -3.29. The zero-order valence-electron chi connectivity index (χ0n) is 12.0. The van der Waals surface area contributed by atoms with Crippen LogP contribution < -0.4 is 5.32 Å². The maximum atomic E-state index is 11.7. The minimum absolute atomic E-state index is 0.0868. The number of imidazole rings is 1. The first kappa shape index (κ1) is 14.7. The van der Waals surface area contributed by atoms with Crippen LogP contribution in [0.1, 0.15) is 6.42 Å². The van der Waals surface area contributed by atoms with Gasteiger partial charge in [-0.05, 0) is 24.6 Å². The third-order valence-corrected chi connectivity index (χ3v) is 4.46. The molecule has 0 radical (unpaired) electrons. The van der Waals surface area contributed by atoms with Crippen LogP contribution in [0.2, 0.25) is 0 Å². The van der Waals surface area contributed by atoms with E-state index in [4.69, 9.17) is 5.11 Å². The second-order valence-corrected chi connectivity index (χ2v) is 7.02. The van der Waals surface area contributed by atoms with Gasteiger partial charge in [-0.2, -0.15) is 0 Å². The Hall–Kier alpha value is -2.19. The van der Waals surface area contributed by atoms with Crippen molar-refractivity contribution in [1.82, 2.24) is 14.4 Å². The Balaban J connectivity index is 2.19. The molecular formula is C14H16N4O3S. The van der Waals surface area contributed by atoms with Crippen molar-refractivity contribution in [3.63, 3.8) is 0 Å². The summed E-state index contributed by atoms with van der Waals surface area (Å²) < 4.78 is 25.2. The molecule has 0 fully saturated rings. The van der Waals surface area contributed by atoms with Crippen LogP contribution in [-0.2, 0) is 9.84 Å². The van der Waals surface area contributed by atoms with Gasteiger partial charge in [0.25, 0.3) is 0 Å². The maximum absolute atomic E-state index is 11.7. The van der Waals surface area contributed by atoms with E-state index in [9.17, 15) is 8.42 Å². The number of aliphatic hydroxyl groups is 1. The largest absolute Gasteiger partial charge is 0.396 e. The molecule has 7 nitrogen and oxygen atoms in total. The van der Waals surface area contributed by atoms with Crippen molar-refractivity contribution in [3.05, 3.63) is 30.6 Å². The third-order valence-electron chi connectivity index (χ3n) is 3.35. The first-order valence-corrected chi connectivity index (χ1v) is 8.71. The maximum Gasteiger partial charge on any atom is 0.180 e. The van der Waals surface area contributed by atoms with Crippen molar-refractivity contribution in [2.24, 2.45) is 0 Å². The molecule has 1 aromatic carbocycles. The fraction of sp³-hybridized carbons (Fsp3) is 0.286. The van der Waals surface area contributed by atoms with E-state index >= 15 is 0 Å². The summed E-state index contributed by atoms with van der Waals surface area (Å²) in [6.45, 7) is 0.646. The van der Waals surface area contributed by atoms with Gasteiger partial charge in [-0.3, -0.25) is 4.40 Å². The molecule has 0 spiro atoms. The van der Waals surface area contributed by atoms with Gasteiger partial charge in [0.05, 0.1) is 15.9 Å². The second kappa shape index (κ2) is 5.54. The fourth-order valence-corrected chi connectivity index (χ4v) is 2.92. The van der Waals surface area contributed by atoms with Crippen molar-refractivity contribution in [2.75, 3.05) is 24.7 Å². The van der Waals surface area contributed by atoms with Crippen LogP contribution in [0.25, 0.3) is 16.7 Å². The summed E-state index contributed by atoms with van der Waals surface area (Å²) in [5.41, 5.74) is 2.02. The van der Waals surface area contributed by atoms with Crippen molar-refractivity contribution >= 4 is 32.3 Å². The Labute approximate surface area is 127 Å². The van der Waals surface area contributed by atoms with Gasteiger partial charge in [-0.15, -0.1) is 0 Å². The van der Waals surface area contributed by atoms with Crippen molar-refractivity contribution in [3.8, 4) is 0 Å². The van der Waals surface area contributed by atoms with Gasteiger partial charge in [0, 0.05) is 31.8 Å². The Morgan fingerprint density at radius 2 is 2.18 bits per heavy atom. The van der Waals surface area contributed by atoms with Gasteiger partial charge in [-0.25, -0.2) is 18.4 Å². The van der Waals surface area contributed by atoms with E-state index in [0.717, 1.165) is 5.52 Å². The van der Waals surface area contributed by atoms with Crippen molar-refractivity contribution < 1.29 is 13.5 Å². The molecule has 3 aromatic rings. The normalized spacial score (nSPS) is 12.1. The summed E-state index contributed by atoms with van der Waals surface area (Å²) in [6.07, 6.45) is 5.23. The lowest BCUT2D eigenvalue weighted by molar-refractivity contribution is 0.292. The molecule has 0 aliphatic carbocycles. The predicted molar refractivity (Wildman–Crippen MR) is 83.8 cm³/mol. The molecule has 0 unspecified atom stereocenters. The molecule has 2 N–H and O–H groups in total. The number of hydrogen-bond donors (Lipinski definition) is 2. The predicted octanol–water partition coefficient (Wildman–Crippen LogP) is 1.08. The smallest absolute Gasteiger partial charge is 0.180 e. The molecule has 0 aliphatic rings. The molecule has 0 saturated heterocycles. The average molecular weight is 320 g/mol. The monoisotopic (exact) mass is 320 g/mol. The van der Waals surface area contributed by atoms with E-state index < -0.39 is 9.84 Å². The summed E-state index contributed by atoms with van der Waals surface area (Å²) >= 11 is 0. The van der Waals surface area contributed by atoms with E-state index in [0.29, 0.717) is 29.9 Å². The van der Waals surface area contributed by atoms with Gasteiger partial charge >= 0.3 is 0 Å². The van der Waals surface area contributed by atoms with E-state index in [-0.39, 0.29) is 11.5 Å². The Kier molecular flexibility index (Phi) is 3.71. The standard InChI is InChI=1S/C14H16N4O3S/c1-22(20,21)10-3-4-12-11(9-10)17-13(15-5-2-8-19)14-16-6-7-18(12)14/h3-4,6-7,9,19H,2,5,8H2,1H3,(H,15,17). The number of rotatable bonds is 5. The third kappa shape index (κ3) is 2.62. The highest BCUT2D eigenvalue weighted by Crippen LogP contribution is 2.23. The average Bonchev–Trinajstić information content (AvgIpc) is 2.96. The summed E-state index contributed by atoms with van der Waals surface area (Å²) in [5.74, 6) is 0.566. The highest BCUT2D eigenvalue weighted by atomic mass is 32.2. The van der Waals surface area contributed by atoms with E-state index in [1.165, 1.54) is 6.26 Å². The van der Waals surface area contributed by atoms with Crippen LogP contribution in [0.15, 0.2) is 35.5 Å².